The van der Waals surface area contributed by atoms with Crippen LogP contribution < -0.4 is 10.1 Å². The first kappa shape index (κ1) is 26.9. The number of carbonyl (C=O) groups excluding carboxylic acids is 2. The van der Waals surface area contributed by atoms with Crippen molar-refractivity contribution in [1.29, 1.82) is 0 Å². The summed E-state index contributed by atoms with van der Waals surface area (Å²) >= 11 is 0. The van der Waals surface area contributed by atoms with Crippen molar-refractivity contribution in [2.24, 2.45) is 5.92 Å². The van der Waals surface area contributed by atoms with Crippen LogP contribution in [0.5, 0.6) is 5.75 Å². The highest BCUT2D eigenvalue weighted by atomic mass is 19.1. The second kappa shape index (κ2) is 12.9. The van der Waals surface area contributed by atoms with E-state index < -0.39 is 6.04 Å². The van der Waals surface area contributed by atoms with Gasteiger partial charge in [-0.3, -0.25) is 9.59 Å². The van der Waals surface area contributed by atoms with E-state index in [1.807, 2.05) is 76.2 Å². The maximum atomic E-state index is 13.6. The van der Waals surface area contributed by atoms with Crippen molar-refractivity contribution in [2.75, 3.05) is 13.2 Å². The van der Waals surface area contributed by atoms with E-state index in [9.17, 15) is 14.0 Å². The number of nitrogens with zero attached hydrogens (tertiary/aromatic N) is 1. The molecule has 36 heavy (non-hydrogen) atoms. The summed E-state index contributed by atoms with van der Waals surface area (Å²) in [7, 11) is 0. The Morgan fingerprint density at radius 2 is 1.56 bits per heavy atom. The zero-order valence-corrected chi connectivity index (χ0v) is 21.5. The van der Waals surface area contributed by atoms with E-state index in [2.05, 4.69) is 5.32 Å². The molecule has 3 aromatic rings. The molecule has 0 saturated heterocycles. The molecule has 0 aliphatic rings. The maximum Gasteiger partial charge on any atom is 0.261 e. The number of ether oxygens (including phenoxy) is 1. The minimum absolute atomic E-state index is 0.155. The normalized spacial score (nSPS) is 11.7. The van der Waals surface area contributed by atoms with Gasteiger partial charge in [-0.25, -0.2) is 4.39 Å². The molecule has 0 aliphatic carbocycles. The summed E-state index contributed by atoms with van der Waals surface area (Å²) < 4.78 is 19.4. The number of aryl methyl sites for hydroxylation is 2. The van der Waals surface area contributed by atoms with E-state index in [0.29, 0.717) is 18.7 Å². The Morgan fingerprint density at radius 3 is 2.17 bits per heavy atom. The van der Waals surface area contributed by atoms with Crippen LogP contribution >= 0.6 is 0 Å². The van der Waals surface area contributed by atoms with Crippen molar-refractivity contribution >= 4 is 11.8 Å². The fourth-order valence-electron chi connectivity index (χ4n) is 4.01. The molecule has 3 aromatic carbocycles. The van der Waals surface area contributed by atoms with Crippen LogP contribution in [0.3, 0.4) is 0 Å². The Labute approximate surface area is 213 Å². The van der Waals surface area contributed by atoms with E-state index in [0.717, 1.165) is 22.3 Å². The van der Waals surface area contributed by atoms with Gasteiger partial charge in [0, 0.05) is 19.5 Å². The van der Waals surface area contributed by atoms with Gasteiger partial charge in [0.1, 0.15) is 17.6 Å². The summed E-state index contributed by atoms with van der Waals surface area (Å²) in [6.07, 6.45) is 0.348. The highest BCUT2D eigenvalue weighted by molar-refractivity contribution is 5.88. The minimum Gasteiger partial charge on any atom is -0.484 e. The van der Waals surface area contributed by atoms with Crippen LogP contribution in [0.15, 0.2) is 72.8 Å². The van der Waals surface area contributed by atoms with Crippen molar-refractivity contribution < 1.29 is 18.7 Å². The average molecular weight is 491 g/mol. The molecule has 0 aliphatic heterocycles. The lowest BCUT2D eigenvalue weighted by molar-refractivity contribution is -0.142. The van der Waals surface area contributed by atoms with Gasteiger partial charge in [0.15, 0.2) is 6.61 Å². The van der Waals surface area contributed by atoms with Crippen LogP contribution in [0.2, 0.25) is 0 Å². The Balaban J connectivity index is 1.90. The zero-order valence-electron chi connectivity index (χ0n) is 21.5. The van der Waals surface area contributed by atoms with Crippen molar-refractivity contribution in [1.82, 2.24) is 10.2 Å². The first-order valence-electron chi connectivity index (χ1n) is 12.3. The third-order valence-corrected chi connectivity index (χ3v) is 5.78. The van der Waals surface area contributed by atoms with Gasteiger partial charge in [-0.05, 0) is 66.3 Å². The molecule has 1 unspecified atom stereocenters. The fraction of sp³-hybridized carbons (Fsp3) is 0.333. The quantitative estimate of drug-likeness (QED) is 0.400. The first-order valence-corrected chi connectivity index (χ1v) is 12.3. The molecule has 0 aromatic heterocycles. The third kappa shape index (κ3) is 8.22. The summed E-state index contributed by atoms with van der Waals surface area (Å²) in [6.45, 7) is 8.42. The predicted octanol–water partition coefficient (Wildman–Crippen LogP) is 5.23. The Kier molecular flexibility index (Phi) is 9.62. The van der Waals surface area contributed by atoms with Gasteiger partial charge in [0.2, 0.25) is 5.91 Å². The Bertz CT molecular complexity index is 1130. The molecule has 190 valence electrons. The second-order valence-corrected chi connectivity index (χ2v) is 9.60. The molecule has 6 heteroatoms. The Morgan fingerprint density at radius 1 is 0.917 bits per heavy atom. The molecule has 1 N–H and O–H groups in total. The number of benzene rings is 3. The highest BCUT2D eigenvalue weighted by Crippen LogP contribution is 2.19. The van der Waals surface area contributed by atoms with Gasteiger partial charge >= 0.3 is 0 Å². The van der Waals surface area contributed by atoms with Crippen LogP contribution in [-0.2, 0) is 22.6 Å². The molecule has 0 spiro atoms. The van der Waals surface area contributed by atoms with E-state index in [1.165, 1.54) is 12.1 Å². The summed E-state index contributed by atoms with van der Waals surface area (Å²) in [4.78, 5) is 28.5. The van der Waals surface area contributed by atoms with Gasteiger partial charge in [-0.1, -0.05) is 62.4 Å². The highest BCUT2D eigenvalue weighted by Gasteiger charge is 2.30. The van der Waals surface area contributed by atoms with E-state index in [4.69, 9.17) is 4.74 Å². The molecule has 0 radical (unpaired) electrons. The van der Waals surface area contributed by atoms with Gasteiger partial charge < -0.3 is 15.0 Å². The van der Waals surface area contributed by atoms with Gasteiger partial charge in [-0.2, -0.15) is 0 Å². The van der Waals surface area contributed by atoms with Crippen molar-refractivity contribution in [3.63, 3.8) is 0 Å². The molecule has 5 nitrogen and oxygen atoms in total. The Hall–Kier alpha value is -3.67. The maximum absolute atomic E-state index is 13.6. The van der Waals surface area contributed by atoms with E-state index in [1.54, 1.807) is 17.0 Å². The topological polar surface area (TPSA) is 58.6 Å². The number of amides is 2. The van der Waals surface area contributed by atoms with E-state index in [-0.39, 0.29) is 36.7 Å². The number of carbonyl (C=O) groups is 2. The summed E-state index contributed by atoms with van der Waals surface area (Å²) in [5.41, 5.74) is 3.74. The predicted molar refractivity (Wildman–Crippen MR) is 140 cm³/mol. The first-order chi connectivity index (χ1) is 17.2. The summed E-state index contributed by atoms with van der Waals surface area (Å²) in [6, 6.07) is 20.6. The standard InChI is InChI=1S/C30H35FN2O3/c1-21(2)18-32-30(35)28(17-24-8-6-5-7-9-24)33(19-25-10-12-26(31)13-11-25)29(34)20-36-27-15-22(3)14-23(4)16-27/h5-16,21,28H,17-20H2,1-4H3,(H,32,35). The number of rotatable bonds is 11. The fourth-order valence-corrected chi connectivity index (χ4v) is 4.01. The van der Waals surface area contributed by atoms with Gasteiger partial charge in [-0.15, -0.1) is 0 Å². The van der Waals surface area contributed by atoms with Crippen LogP contribution in [0.25, 0.3) is 0 Å². The lowest BCUT2D eigenvalue weighted by atomic mass is 10.0. The lowest BCUT2D eigenvalue weighted by Gasteiger charge is -2.31. The van der Waals surface area contributed by atoms with Crippen molar-refractivity contribution in [2.45, 2.75) is 46.7 Å². The van der Waals surface area contributed by atoms with Crippen LogP contribution in [0, 0.1) is 25.6 Å². The van der Waals surface area contributed by atoms with Crippen molar-refractivity contribution in [3.8, 4) is 5.75 Å². The number of hydrogen-bond donors (Lipinski definition) is 1. The molecule has 2 amide bonds. The molecule has 0 fully saturated rings. The number of hydrogen-bond acceptors (Lipinski definition) is 3. The molecule has 3 rings (SSSR count). The lowest BCUT2D eigenvalue weighted by Crippen LogP contribution is -2.52. The molecule has 0 saturated carbocycles. The van der Waals surface area contributed by atoms with Crippen LogP contribution in [0.1, 0.15) is 36.1 Å². The summed E-state index contributed by atoms with van der Waals surface area (Å²) in [5, 5.41) is 2.99. The monoisotopic (exact) mass is 490 g/mol. The largest absolute Gasteiger partial charge is 0.484 e. The molecule has 0 heterocycles. The molecular weight excluding hydrogens is 455 g/mol. The van der Waals surface area contributed by atoms with Crippen LogP contribution in [-0.4, -0.2) is 35.9 Å². The zero-order chi connectivity index (χ0) is 26.1. The average Bonchev–Trinajstić information content (AvgIpc) is 2.84. The SMILES string of the molecule is Cc1cc(C)cc(OCC(=O)N(Cc2ccc(F)cc2)C(Cc2ccccc2)C(=O)NCC(C)C)c1. The smallest absolute Gasteiger partial charge is 0.261 e. The number of nitrogens with one attached hydrogen (secondary N) is 1. The van der Waals surface area contributed by atoms with Gasteiger partial charge in [0.25, 0.3) is 5.91 Å². The van der Waals surface area contributed by atoms with E-state index >= 15 is 0 Å². The molecular formula is C30H35FN2O3. The summed E-state index contributed by atoms with van der Waals surface area (Å²) in [5.74, 6) is -0.0364. The number of halogens is 1. The van der Waals surface area contributed by atoms with Crippen molar-refractivity contribution in [3.05, 3.63) is 101 Å². The second-order valence-electron chi connectivity index (χ2n) is 9.60. The molecule has 0 bridgehead atoms. The van der Waals surface area contributed by atoms with Crippen LogP contribution in [0.4, 0.5) is 4.39 Å². The molecule has 1 atom stereocenters. The van der Waals surface area contributed by atoms with Gasteiger partial charge in [0.05, 0.1) is 0 Å². The third-order valence-electron chi connectivity index (χ3n) is 5.78. The minimum atomic E-state index is -0.758.